The summed E-state index contributed by atoms with van der Waals surface area (Å²) in [5, 5.41) is 2.88. The molecular formula is C24H31FN4O4S. The molecule has 3 heterocycles. The lowest BCUT2D eigenvalue weighted by molar-refractivity contribution is -0.126. The van der Waals surface area contributed by atoms with Gasteiger partial charge in [0.05, 0.1) is 0 Å². The molecule has 0 atom stereocenters. The molecule has 4 rings (SSSR count). The Hall–Kier alpha value is -2.72. The third-order valence-electron chi connectivity index (χ3n) is 6.71. The fourth-order valence-electron chi connectivity index (χ4n) is 4.64. The minimum Gasteiger partial charge on any atom is -0.356 e. The predicted octanol–water partition coefficient (Wildman–Crippen LogP) is 2.16. The molecule has 34 heavy (non-hydrogen) atoms. The van der Waals surface area contributed by atoms with E-state index in [2.05, 4.69) is 5.32 Å². The van der Waals surface area contributed by atoms with Crippen molar-refractivity contribution in [2.45, 2.75) is 37.0 Å². The SMILES string of the molecule is Cn1cc(S(=O)(=O)N2CCCC2)cc1C(=O)N1CCC(C(=O)NCCc2ccccc2F)CC1. The summed E-state index contributed by atoms with van der Waals surface area (Å²) in [6.07, 6.45) is 4.68. The van der Waals surface area contributed by atoms with Gasteiger partial charge in [-0.2, -0.15) is 4.31 Å². The van der Waals surface area contributed by atoms with Crippen LogP contribution in [0.25, 0.3) is 0 Å². The van der Waals surface area contributed by atoms with E-state index in [1.807, 2.05) is 0 Å². The highest BCUT2D eigenvalue weighted by atomic mass is 32.2. The molecular weight excluding hydrogens is 459 g/mol. The number of sulfonamides is 1. The normalized spacial score (nSPS) is 17.8. The van der Waals surface area contributed by atoms with Gasteiger partial charge in [-0.25, -0.2) is 12.8 Å². The van der Waals surface area contributed by atoms with Gasteiger partial charge in [0, 0.05) is 51.9 Å². The Kier molecular flexibility index (Phi) is 7.37. The number of rotatable bonds is 7. The molecule has 0 aliphatic carbocycles. The zero-order chi connectivity index (χ0) is 24.3. The maximum atomic E-state index is 13.7. The molecule has 0 bridgehead atoms. The molecule has 10 heteroatoms. The summed E-state index contributed by atoms with van der Waals surface area (Å²) < 4.78 is 42.4. The zero-order valence-electron chi connectivity index (χ0n) is 19.4. The monoisotopic (exact) mass is 490 g/mol. The van der Waals surface area contributed by atoms with Gasteiger partial charge in [-0.1, -0.05) is 18.2 Å². The second-order valence-electron chi connectivity index (χ2n) is 8.98. The molecule has 8 nitrogen and oxygen atoms in total. The van der Waals surface area contributed by atoms with Gasteiger partial charge in [-0.15, -0.1) is 0 Å². The molecule has 2 aliphatic heterocycles. The first-order chi connectivity index (χ1) is 16.3. The molecule has 1 aromatic carbocycles. The molecule has 0 saturated carbocycles. The number of carbonyl (C=O) groups excluding carboxylic acids is 2. The van der Waals surface area contributed by atoms with E-state index in [9.17, 15) is 22.4 Å². The number of piperidine rings is 1. The number of nitrogens with one attached hydrogen (secondary N) is 1. The molecule has 1 aromatic heterocycles. The maximum absolute atomic E-state index is 13.7. The zero-order valence-corrected chi connectivity index (χ0v) is 20.2. The van der Waals surface area contributed by atoms with E-state index in [4.69, 9.17) is 0 Å². The van der Waals surface area contributed by atoms with Crippen LogP contribution in [-0.2, 0) is 28.3 Å². The topological polar surface area (TPSA) is 91.7 Å². The smallest absolute Gasteiger partial charge is 0.270 e. The molecule has 2 aliphatic rings. The number of hydrogen-bond acceptors (Lipinski definition) is 4. The summed E-state index contributed by atoms with van der Waals surface area (Å²) in [6.45, 7) is 2.22. The number of nitrogens with zero attached hydrogens (tertiary/aromatic N) is 3. The molecule has 0 unspecified atom stereocenters. The van der Waals surface area contributed by atoms with Crippen LogP contribution in [0.4, 0.5) is 4.39 Å². The Morgan fingerprint density at radius 2 is 1.76 bits per heavy atom. The fourth-order valence-corrected chi connectivity index (χ4v) is 6.23. The number of benzene rings is 1. The lowest BCUT2D eigenvalue weighted by atomic mass is 9.95. The number of amides is 2. The van der Waals surface area contributed by atoms with Crippen molar-refractivity contribution < 1.29 is 22.4 Å². The molecule has 2 amide bonds. The van der Waals surface area contributed by atoms with E-state index in [0.717, 1.165) is 12.8 Å². The second kappa shape index (κ2) is 10.3. The Balaban J connectivity index is 1.30. The largest absolute Gasteiger partial charge is 0.356 e. The van der Waals surface area contributed by atoms with Crippen LogP contribution in [0.2, 0.25) is 0 Å². The second-order valence-corrected chi connectivity index (χ2v) is 10.9. The summed E-state index contributed by atoms with van der Waals surface area (Å²) >= 11 is 0. The lowest BCUT2D eigenvalue weighted by Gasteiger charge is -2.31. The van der Waals surface area contributed by atoms with Crippen molar-refractivity contribution in [2.24, 2.45) is 13.0 Å². The average molecular weight is 491 g/mol. The first kappa shape index (κ1) is 24.4. The van der Waals surface area contributed by atoms with E-state index in [1.54, 1.807) is 34.7 Å². The van der Waals surface area contributed by atoms with E-state index in [-0.39, 0.29) is 28.4 Å². The Labute approximate surface area is 199 Å². The summed E-state index contributed by atoms with van der Waals surface area (Å²) in [4.78, 5) is 27.4. The van der Waals surface area contributed by atoms with Gasteiger partial charge >= 0.3 is 0 Å². The highest BCUT2D eigenvalue weighted by Gasteiger charge is 2.32. The van der Waals surface area contributed by atoms with Gasteiger partial charge in [0.2, 0.25) is 15.9 Å². The van der Waals surface area contributed by atoms with Crippen LogP contribution in [0.1, 0.15) is 41.7 Å². The van der Waals surface area contributed by atoms with Crippen molar-refractivity contribution in [3.8, 4) is 0 Å². The van der Waals surface area contributed by atoms with Gasteiger partial charge in [-0.3, -0.25) is 9.59 Å². The van der Waals surface area contributed by atoms with Crippen molar-refractivity contribution in [3.63, 3.8) is 0 Å². The van der Waals surface area contributed by atoms with Crippen molar-refractivity contribution in [3.05, 3.63) is 53.6 Å². The van der Waals surface area contributed by atoms with Crippen LogP contribution in [-0.4, -0.2) is 66.7 Å². The van der Waals surface area contributed by atoms with Crippen LogP contribution < -0.4 is 5.32 Å². The van der Waals surface area contributed by atoms with E-state index in [1.165, 1.54) is 22.6 Å². The minimum atomic E-state index is -3.59. The van der Waals surface area contributed by atoms with Gasteiger partial charge in [0.25, 0.3) is 5.91 Å². The van der Waals surface area contributed by atoms with Gasteiger partial charge in [0.15, 0.2) is 0 Å². The van der Waals surface area contributed by atoms with E-state index < -0.39 is 10.0 Å². The standard InChI is InChI=1S/C24H31FN4O4S/c1-27-17-20(34(32,33)29-12-4-5-13-29)16-22(27)24(31)28-14-9-19(10-15-28)23(30)26-11-8-18-6-2-3-7-21(18)25/h2-3,6-7,16-17,19H,4-5,8-15H2,1H3,(H,26,30). The van der Waals surface area contributed by atoms with Crippen LogP contribution in [0, 0.1) is 11.7 Å². The van der Waals surface area contributed by atoms with Crippen molar-refractivity contribution in [1.82, 2.24) is 19.1 Å². The first-order valence-corrected chi connectivity index (χ1v) is 13.2. The third kappa shape index (κ3) is 5.17. The lowest BCUT2D eigenvalue weighted by Crippen LogP contribution is -2.43. The molecule has 184 valence electrons. The quantitative estimate of drug-likeness (QED) is 0.644. The highest BCUT2D eigenvalue weighted by molar-refractivity contribution is 7.89. The van der Waals surface area contributed by atoms with Crippen molar-refractivity contribution in [1.29, 1.82) is 0 Å². The molecule has 2 aromatic rings. The maximum Gasteiger partial charge on any atom is 0.270 e. The number of carbonyl (C=O) groups is 2. The number of halogens is 1. The van der Waals surface area contributed by atoms with Crippen LogP contribution in [0.5, 0.6) is 0 Å². The summed E-state index contributed by atoms with van der Waals surface area (Å²) in [5.41, 5.74) is 0.891. The number of aromatic nitrogens is 1. The minimum absolute atomic E-state index is 0.0821. The Bertz CT molecular complexity index is 1150. The van der Waals surface area contributed by atoms with Gasteiger partial charge < -0.3 is 14.8 Å². The van der Waals surface area contributed by atoms with Crippen molar-refractivity contribution in [2.75, 3.05) is 32.7 Å². The predicted molar refractivity (Wildman–Crippen MR) is 125 cm³/mol. The Morgan fingerprint density at radius 3 is 2.44 bits per heavy atom. The van der Waals surface area contributed by atoms with E-state index >= 15 is 0 Å². The summed E-state index contributed by atoms with van der Waals surface area (Å²) in [5.74, 6) is -0.796. The fraction of sp³-hybridized carbons (Fsp3) is 0.500. The molecule has 0 radical (unpaired) electrons. The number of aryl methyl sites for hydroxylation is 1. The van der Waals surface area contributed by atoms with E-state index in [0.29, 0.717) is 63.2 Å². The highest BCUT2D eigenvalue weighted by Crippen LogP contribution is 2.25. The Morgan fingerprint density at radius 1 is 1.09 bits per heavy atom. The summed E-state index contributed by atoms with van der Waals surface area (Å²) in [7, 11) is -1.92. The first-order valence-electron chi connectivity index (χ1n) is 11.7. The molecule has 2 saturated heterocycles. The van der Waals surface area contributed by atoms with Crippen molar-refractivity contribution >= 4 is 21.8 Å². The molecule has 0 spiro atoms. The average Bonchev–Trinajstić information content (AvgIpc) is 3.51. The van der Waals surface area contributed by atoms with Crippen LogP contribution >= 0.6 is 0 Å². The van der Waals surface area contributed by atoms with Crippen LogP contribution in [0.3, 0.4) is 0 Å². The third-order valence-corrected chi connectivity index (χ3v) is 8.57. The number of likely N-dealkylation sites (tertiary alicyclic amines) is 1. The van der Waals surface area contributed by atoms with Gasteiger partial charge in [-0.05, 0) is 49.8 Å². The van der Waals surface area contributed by atoms with Crippen LogP contribution in [0.15, 0.2) is 41.4 Å². The summed E-state index contributed by atoms with van der Waals surface area (Å²) in [6, 6.07) is 7.97. The molecule has 1 N–H and O–H groups in total. The number of hydrogen-bond donors (Lipinski definition) is 1. The molecule has 2 fully saturated rings. The van der Waals surface area contributed by atoms with Gasteiger partial charge in [0.1, 0.15) is 16.4 Å².